The molecule has 3 aromatic rings. The van der Waals surface area contributed by atoms with E-state index in [2.05, 4.69) is 27.8 Å². The summed E-state index contributed by atoms with van der Waals surface area (Å²) >= 11 is 1.31. The summed E-state index contributed by atoms with van der Waals surface area (Å²) in [5.41, 5.74) is 2.59. The van der Waals surface area contributed by atoms with Gasteiger partial charge in [0.2, 0.25) is 5.91 Å². The summed E-state index contributed by atoms with van der Waals surface area (Å²) in [6.07, 6.45) is 0.960. The quantitative estimate of drug-likeness (QED) is 0.475. The van der Waals surface area contributed by atoms with Crippen molar-refractivity contribution in [1.29, 1.82) is 0 Å². The van der Waals surface area contributed by atoms with Gasteiger partial charge >= 0.3 is 0 Å². The van der Waals surface area contributed by atoms with Gasteiger partial charge in [-0.3, -0.25) is 9.59 Å². The first kappa shape index (κ1) is 23.5. The molecule has 0 spiro atoms. The molecule has 3 rings (SSSR count). The van der Waals surface area contributed by atoms with Crippen molar-refractivity contribution in [3.05, 3.63) is 71.5 Å². The number of aromatic nitrogens is 3. The maximum absolute atomic E-state index is 12.7. The molecule has 0 saturated heterocycles. The number of hydrogen-bond donors (Lipinski definition) is 2. The highest BCUT2D eigenvalue weighted by molar-refractivity contribution is 7.99. The number of amides is 2. The predicted molar refractivity (Wildman–Crippen MR) is 128 cm³/mol. The largest absolute Gasteiger partial charge is 0.342 e. The van der Waals surface area contributed by atoms with Gasteiger partial charge in [-0.1, -0.05) is 62.9 Å². The van der Waals surface area contributed by atoms with E-state index in [1.165, 1.54) is 17.3 Å². The Morgan fingerprint density at radius 3 is 2.34 bits per heavy atom. The van der Waals surface area contributed by atoms with E-state index >= 15 is 0 Å². The third-order valence-electron chi connectivity index (χ3n) is 5.11. The molecule has 0 aliphatic carbocycles. The normalized spacial score (nSPS) is 11.9. The highest BCUT2D eigenvalue weighted by Gasteiger charge is 2.25. The molecule has 168 valence electrons. The number of rotatable bonds is 9. The van der Waals surface area contributed by atoms with Crippen LogP contribution in [-0.2, 0) is 18.3 Å². The van der Waals surface area contributed by atoms with Crippen molar-refractivity contribution in [3.8, 4) is 0 Å². The van der Waals surface area contributed by atoms with Crippen LogP contribution in [0, 0.1) is 5.92 Å². The Morgan fingerprint density at radius 2 is 1.72 bits per heavy atom. The zero-order valence-electron chi connectivity index (χ0n) is 18.8. The Hall–Kier alpha value is -3.13. The van der Waals surface area contributed by atoms with E-state index < -0.39 is 0 Å². The Balaban J connectivity index is 1.63. The molecule has 1 aromatic heterocycles. The molecule has 0 aliphatic heterocycles. The lowest BCUT2D eigenvalue weighted by molar-refractivity contribution is -0.113. The van der Waals surface area contributed by atoms with Gasteiger partial charge in [0, 0.05) is 18.3 Å². The van der Waals surface area contributed by atoms with Crippen molar-refractivity contribution in [2.24, 2.45) is 13.0 Å². The van der Waals surface area contributed by atoms with Crippen LogP contribution in [0.2, 0.25) is 0 Å². The van der Waals surface area contributed by atoms with Crippen molar-refractivity contribution in [2.75, 3.05) is 11.1 Å². The van der Waals surface area contributed by atoms with Gasteiger partial charge in [-0.25, -0.2) is 0 Å². The van der Waals surface area contributed by atoms with Crippen LogP contribution in [0.4, 0.5) is 5.69 Å². The highest BCUT2D eigenvalue weighted by atomic mass is 32.2. The smallest absolute Gasteiger partial charge is 0.251 e. The van der Waals surface area contributed by atoms with Crippen LogP contribution in [0.1, 0.15) is 48.6 Å². The molecule has 2 N–H and O–H groups in total. The van der Waals surface area contributed by atoms with Crippen LogP contribution in [0.15, 0.2) is 59.8 Å². The second kappa shape index (κ2) is 10.9. The summed E-state index contributed by atoms with van der Waals surface area (Å²) in [5.74, 6) is 0.709. The number of hydrogen-bond acceptors (Lipinski definition) is 5. The minimum Gasteiger partial charge on any atom is -0.342 e. The predicted octanol–water partition coefficient (Wildman–Crippen LogP) is 4.24. The van der Waals surface area contributed by atoms with Crippen LogP contribution < -0.4 is 10.6 Å². The highest BCUT2D eigenvalue weighted by Crippen LogP contribution is 2.24. The first-order chi connectivity index (χ1) is 15.4. The molecule has 0 aliphatic rings. The van der Waals surface area contributed by atoms with E-state index in [1.54, 1.807) is 12.1 Å². The van der Waals surface area contributed by atoms with E-state index in [1.807, 2.05) is 67.9 Å². The first-order valence-electron chi connectivity index (χ1n) is 10.7. The van der Waals surface area contributed by atoms with E-state index in [4.69, 9.17) is 0 Å². The molecular weight excluding hydrogens is 422 g/mol. The summed E-state index contributed by atoms with van der Waals surface area (Å²) in [6.45, 7) is 6.14. The van der Waals surface area contributed by atoms with Crippen LogP contribution in [-0.4, -0.2) is 32.3 Å². The molecule has 0 unspecified atom stereocenters. The maximum Gasteiger partial charge on any atom is 0.251 e. The fourth-order valence-corrected chi connectivity index (χ4v) is 3.94. The lowest BCUT2D eigenvalue weighted by atomic mass is 10.0. The fraction of sp³-hybridized carbons (Fsp3) is 0.333. The van der Waals surface area contributed by atoms with Crippen LogP contribution in [0.3, 0.4) is 0 Å². The summed E-state index contributed by atoms with van der Waals surface area (Å²) in [4.78, 5) is 25.0. The number of anilines is 1. The van der Waals surface area contributed by atoms with Gasteiger partial charge in [0.05, 0.1) is 11.8 Å². The molecule has 0 fully saturated rings. The van der Waals surface area contributed by atoms with Gasteiger partial charge in [0.25, 0.3) is 5.91 Å². The summed E-state index contributed by atoms with van der Waals surface area (Å²) in [6, 6.07) is 16.6. The SMILES string of the molecule is CCc1ccc(NC(=O)CSc2nnc([C@@H](NC(=O)c3ccccc3)C(C)C)n2C)cc1. The van der Waals surface area contributed by atoms with Crippen molar-refractivity contribution < 1.29 is 9.59 Å². The molecule has 2 amide bonds. The lowest BCUT2D eigenvalue weighted by Crippen LogP contribution is -2.33. The average molecular weight is 452 g/mol. The Bertz CT molecular complexity index is 1050. The molecule has 0 radical (unpaired) electrons. The summed E-state index contributed by atoms with van der Waals surface area (Å²) in [7, 11) is 1.85. The average Bonchev–Trinajstić information content (AvgIpc) is 3.16. The zero-order chi connectivity index (χ0) is 23.1. The van der Waals surface area contributed by atoms with Gasteiger partial charge in [0.1, 0.15) is 0 Å². The van der Waals surface area contributed by atoms with Gasteiger partial charge in [-0.15, -0.1) is 10.2 Å². The van der Waals surface area contributed by atoms with Gasteiger partial charge in [-0.2, -0.15) is 0 Å². The summed E-state index contributed by atoms with van der Waals surface area (Å²) < 4.78 is 1.84. The molecule has 2 aromatic carbocycles. The molecule has 8 heteroatoms. The molecule has 1 atom stereocenters. The molecule has 1 heterocycles. The van der Waals surface area contributed by atoms with Crippen LogP contribution in [0.25, 0.3) is 0 Å². The maximum atomic E-state index is 12.7. The standard InChI is InChI=1S/C24H29N5O2S/c1-5-17-11-13-19(14-12-17)25-20(30)15-32-24-28-27-22(29(24)4)21(16(2)3)26-23(31)18-9-7-6-8-10-18/h6-14,16,21H,5,15H2,1-4H3,(H,25,30)(H,26,31)/t21-/m0/s1. The molecular formula is C24H29N5O2S. The van der Waals surface area contributed by atoms with E-state index in [9.17, 15) is 9.59 Å². The Morgan fingerprint density at radius 1 is 1.03 bits per heavy atom. The number of aryl methyl sites for hydroxylation is 1. The number of benzene rings is 2. The first-order valence-corrected chi connectivity index (χ1v) is 11.6. The van der Waals surface area contributed by atoms with E-state index in [-0.39, 0.29) is 29.5 Å². The minimum atomic E-state index is -0.305. The van der Waals surface area contributed by atoms with E-state index in [0.717, 1.165) is 12.1 Å². The number of carbonyl (C=O) groups is 2. The third kappa shape index (κ3) is 5.97. The van der Waals surface area contributed by atoms with Crippen LogP contribution in [0.5, 0.6) is 0 Å². The molecule has 7 nitrogen and oxygen atoms in total. The van der Waals surface area contributed by atoms with Crippen LogP contribution >= 0.6 is 11.8 Å². The number of nitrogens with one attached hydrogen (secondary N) is 2. The number of thioether (sulfide) groups is 1. The number of carbonyl (C=O) groups excluding carboxylic acids is 2. The second-order valence-corrected chi connectivity index (χ2v) is 8.79. The van der Waals surface area contributed by atoms with E-state index in [0.29, 0.717) is 16.5 Å². The Kier molecular flexibility index (Phi) is 8.05. The molecule has 32 heavy (non-hydrogen) atoms. The minimum absolute atomic E-state index is 0.109. The van der Waals surface area contributed by atoms with Crippen molar-refractivity contribution in [1.82, 2.24) is 20.1 Å². The third-order valence-corrected chi connectivity index (χ3v) is 6.13. The summed E-state index contributed by atoms with van der Waals surface area (Å²) in [5, 5.41) is 15.1. The Labute approximate surface area is 193 Å². The van der Waals surface area contributed by atoms with Gasteiger partial charge in [-0.05, 0) is 42.2 Å². The van der Waals surface area contributed by atoms with Gasteiger partial charge in [0.15, 0.2) is 11.0 Å². The topological polar surface area (TPSA) is 88.9 Å². The van der Waals surface area contributed by atoms with Gasteiger partial charge < -0.3 is 15.2 Å². The number of nitrogens with zero attached hydrogens (tertiary/aromatic N) is 3. The molecule has 0 bridgehead atoms. The molecule has 0 saturated carbocycles. The second-order valence-electron chi connectivity index (χ2n) is 7.85. The van der Waals surface area contributed by atoms with Crippen molar-refractivity contribution in [3.63, 3.8) is 0 Å². The van der Waals surface area contributed by atoms with Crippen molar-refractivity contribution >= 4 is 29.3 Å². The zero-order valence-corrected chi connectivity index (χ0v) is 19.6. The lowest BCUT2D eigenvalue weighted by Gasteiger charge is -2.21. The fourth-order valence-electron chi connectivity index (χ4n) is 3.22. The van der Waals surface area contributed by atoms with Crippen molar-refractivity contribution in [2.45, 2.75) is 38.4 Å². The monoisotopic (exact) mass is 451 g/mol.